The van der Waals surface area contributed by atoms with Crippen LogP contribution in [0.3, 0.4) is 0 Å². The summed E-state index contributed by atoms with van der Waals surface area (Å²) in [6.07, 6.45) is -0.329. The molecule has 0 aliphatic carbocycles. The van der Waals surface area contributed by atoms with Crippen molar-refractivity contribution in [1.29, 1.82) is 0 Å². The van der Waals surface area contributed by atoms with Gasteiger partial charge >= 0.3 is 5.97 Å². The Hall–Kier alpha value is -1.85. The monoisotopic (exact) mass is 448 g/mol. The molecule has 6 unspecified atom stereocenters. The summed E-state index contributed by atoms with van der Waals surface area (Å²) in [4.78, 5) is 48.8. The van der Waals surface area contributed by atoms with Gasteiger partial charge in [-0.15, -0.1) is 0 Å². The zero-order valence-electron chi connectivity index (χ0n) is 18.2. The Morgan fingerprint density at radius 3 is 1.83 bits per heavy atom. The van der Waals surface area contributed by atoms with E-state index >= 15 is 0 Å². The third-order valence-electron chi connectivity index (χ3n) is 4.72. The first kappa shape index (κ1) is 28.1. The minimum absolute atomic E-state index is 0.123. The Kier molecular flexibility index (Phi) is 12.6. The molecule has 0 rings (SSSR count). The lowest BCUT2D eigenvalue weighted by atomic mass is 9.97. The van der Waals surface area contributed by atoms with Gasteiger partial charge in [-0.3, -0.25) is 14.4 Å². The zero-order valence-corrected chi connectivity index (χ0v) is 19.1. The van der Waals surface area contributed by atoms with Crippen molar-refractivity contribution in [3.63, 3.8) is 0 Å². The summed E-state index contributed by atoms with van der Waals surface area (Å²) in [5.74, 6) is -3.59. The number of carbonyl (C=O) groups excluding carboxylic acids is 3. The second kappa shape index (κ2) is 13.5. The van der Waals surface area contributed by atoms with Crippen LogP contribution in [0.1, 0.15) is 47.5 Å². The molecule has 0 saturated heterocycles. The molecule has 0 aliphatic heterocycles. The van der Waals surface area contributed by atoms with Gasteiger partial charge in [0.1, 0.15) is 18.1 Å². The van der Waals surface area contributed by atoms with E-state index in [-0.39, 0.29) is 17.6 Å². The lowest BCUT2D eigenvalue weighted by Gasteiger charge is -2.29. The number of hydrogen-bond donors (Lipinski definition) is 7. The maximum Gasteiger partial charge on any atom is 0.327 e. The summed E-state index contributed by atoms with van der Waals surface area (Å²) in [7, 11) is 0. The number of hydrogen-bond acceptors (Lipinski definition) is 7. The predicted octanol–water partition coefficient (Wildman–Crippen LogP) is -0.744. The molecule has 0 saturated carbocycles. The third-order valence-corrected chi connectivity index (χ3v) is 5.08. The number of aliphatic hydroxyl groups excluding tert-OH is 1. The van der Waals surface area contributed by atoms with Crippen molar-refractivity contribution in [2.75, 3.05) is 5.75 Å². The van der Waals surface area contributed by atoms with Crippen LogP contribution >= 0.6 is 12.6 Å². The number of nitrogens with one attached hydrogen (secondary N) is 3. The number of carboxylic acid groups (broad SMARTS) is 1. The molecule has 0 fully saturated rings. The fourth-order valence-corrected chi connectivity index (χ4v) is 2.92. The molecule has 0 bridgehead atoms. The maximum atomic E-state index is 12.8. The molecule has 0 aliphatic rings. The molecule has 30 heavy (non-hydrogen) atoms. The van der Waals surface area contributed by atoms with Crippen molar-refractivity contribution in [3.8, 4) is 0 Å². The van der Waals surface area contributed by atoms with Gasteiger partial charge in [-0.05, 0) is 25.2 Å². The molecule has 11 heteroatoms. The fourth-order valence-electron chi connectivity index (χ4n) is 2.67. The number of nitrogens with two attached hydrogens (primary N) is 1. The van der Waals surface area contributed by atoms with Gasteiger partial charge in [0.15, 0.2) is 0 Å². The van der Waals surface area contributed by atoms with Gasteiger partial charge in [0.2, 0.25) is 17.7 Å². The number of carboxylic acids is 1. The minimum atomic E-state index is -1.32. The summed E-state index contributed by atoms with van der Waals surface area (Å²) >= 11 is 3.91. The minimum Gasteiger partial charge on any atom is -0.480 e. The number of aliphatic hydroxyl groups is 1. The highest BCUT2D eigenvalue weighted by Crippen LogP contribution is 2.10. The standard InChI is InChI=1S/C19H36N4O6S/c1-6-10(4)14(17(26)21-13(8-30)19(28)29)22-18(27)15(11(5)24)23-16(25)12(20)7-9(2)3/h9-15,24,30H,6-8,20H2,1-5H3,(H,21,26)(H,22,27)(H,23,25)(H,28,29). The Morgan fingerprint density at radius 1 is 0.933 bits per heavy atom. The van der Waals surface area contributed by atoms with E-state index in [0.29, 0.717) is 12.8 Å². The van der Waals surface area contributed by atoms with Crippen LogP contribution in [-0.2, 0) is 19.2 Å². The highest BCUT2D eigenvalue weighted by molar-refractivity contribution is 7.80. The van der Waals surface area contributed by atoms with E-state index in [1.807, 2.05) is 20.8 Å². The molecule has 0 aromatic heterocycles. The highest BCUT2D eigenvalue weighted by Gasteiger charge is 2.34. The average Bonchev–Trinajstić information content (AvgIpc) is 2.65. The lowest BCUT2D eigenvalue weighted by molar-refractivity contribution is -0.142. The van der Waals surface area contributed by atoms with Crippen LogP contribution in [0.15, 0.2) is 0 Å². The predicted molar refractivity (Wildman–Crippen MR) is 116 cm³/mol. The number of rotatable bonds is 13. The second-order valence-electron chi connectivity index (χ2n) is 7.92. The summed E-state index contributed by atoms with van der Waals surface area (Å²) in [6, 6.07) is -4.45. The Labute approximate surface area is 183 Å². The van der Waals surface area contributed by atoms with Crippen molar-refractivity contribution < 1.29 is 29.4 Å². The largest absolute Gasteiger partial charge is 0.480 e. The van der Waals surface area contributed by atoms with E-state index < -0.39 is 54.0 Å². The normalized spacial score (nSPS) is 17.2. The first-order valence-electron chi connectivity index (χ1n) is 10.0. The molecule has 7 N–H and O–H groups in total. The molecule has 0 radical (unpaired) electrons. The topological polar surface area (TPSA) is 171 Å². The summed E-state index contributed by atoms with van der Waals surface area (Å²) in [6.45, 7) is 8.66. The van der Waals surface area contributed by atoms with Crippen LogP contribution in [0.4, 0.5) is 0 Å². The van der Waals surface area contributed by atoms with Gasteiger partial charge in [0.25, 0.3) is 0 Å². The molecule has 0 spiro atoms. The molecule has 0 heterocycles. The maximum absolute atomic E-state index is 12.8. The van der Waals surface area contributed by atoms with Crippen molar-refractivity contribution in [2.24, 2.45) is 17.6 Å². The van der Waals surface area contributed by atoms with Gasteiger partial charge in [-0.25, -0.2) is 4.79 Å². The number of thiol groups is 1. The van der Waals surface area contributed by atoms with Crippen LogP contribution in [-0.4, -0.2) is 69.9 Å². The van der Waals surface area contributed by atoms with Gasteiger partial charge in [-0.2, -0.15) is 12.6 Å². The van der Waals surface area contributed by atoms with E-state index in [2.05, 4.69) is 28.6 Å². The van der Waals surface area contributed by atoms with Gasteiger partial charge in [0.05, 0.1) is 12.1 Å². The molecular formula is C19H36N4O6S. The third kappa shape index (κ3) is 9.31. The van der Waals surface area contributed by atoms with Crippen LogP contribution in [0, 0.1) is 11.8 Å². The van der Waals surface area contributed by atoms with E-state index in [9.17, 15) is 24.3 Å². The van der Waals surface area contributed by atoms with Gasteiger partial charge in [-0.1, -0.05) is 34.1 Å². The molecule has 6 atom stereocenters. The smallest absolute Gasteiger partial charge is 0.327 e. The Balaban J connectivity index is 5.39. The van der Waals surface area contributed by atoms with Crippen molar-refractivity contribution in [1.82, 2.24) is 16.0 Å². The molecule has 174 valence electrons. The van der Waals surface area contributed by atoms with E-state index in [0.717, 1.165) is 0 Å². The van der Waals surface area contributed by atoms with Crippen LogP contribution in [0.25, 0.3) is 0 Å². The summed E-state index contributed by atoms with van der Waals surface area (Å²) < 4.78 is 0. The molecule has 10 nitrogen and oxygen atoms in total. The first-order chi connectivity index (χ1) is 13.8. The highest BCUT2D eigenvalue weighted by atomic mass is 32.1. The molecule has 3 amide bonds. The molecular weight excluding hydrogens is 412 g/mol. The Bertz CT molecular complexity index is 602. The van der Waals surface area contributed by atoms with E-state index in [1.165, 1.54) is 6.92 Å². The quantitative estimate of drug-likeness (QED) is 0.182. The van der Waals surface area contributed by atoms with Crippen LogP contribution in [0.5, 0.6) is 0 Å². The van der Waals surface area contributed by atoms with Gasteiger partial charge in [0, 0.05) is 5.75 Å². The summed E-state index contributed by atoms with van der Waals surface area (Å²) in [5.41, 5.74) is 5.83. The van der Waals surface area contributed by atoms with Crippen LogP contribution in [0.2, 0.25) is 0 Å². The van der Waals surface area contributed by atoms with E-state index in [1.54, 1.807) is 6.92 Å². The molecule has 0 aromatic rings. The SMILES string of the molecule is CCC(C)C(NC(=O)C(NC(=O)C(N)CC(C)C)C(C)O)C(=O)NC(CS)C(=O)O. The Morgan fingerprint density at radius 2 is 1.43 bits per heavy atom. The second-order valence-corrected chi connectivity index (χ2v) is 8.28. The van der Waals surface area contributed by atoms with Crippen LogP contribution < -0.4 is 21.7 Å². The van der Waals surface area contributed by atoms with Crippen molar-refractivity contribution in [3.05, 3.63) is 0 Å². The fraction of sp³-hybridized carbons (Fsp3) is 0.789. The average molecular weight is 449 g/mol. The first-order valence-corrected chi connectivity index (χ1v) is 10.7. The lowest BCUT2D eigenvalue weighted by Crippen LogP contribution is -2.61. The van der Waals surface area contributed by atoms with Gasteiger partial charge < -0.3 is 31.9 Å². The number of amides is 3. The number of aliphatic carboxylic acids is 1. The summed E-state index contributed by atoms with van der Waals surface area (Å²) in [5, 5.41) is 26.4. The van der Waals surface area contributed by atoms with Crippen molar-refractivity contribution in [2.45, 2.75) is 77.7 Å². The van der Waals surface area contributed by atoms with E-state index in [4.69, 9.17) is 10.8 Å². The zero-order chi connectivity index (χ0) is 23.6. The number of carbonyl (C=O) groups is 4. The molecule has 0 aromatic carbocycles. The van der Waals surface area contributed by atoms with Crippen molar-refractivity contribution >= 4 is 36.3 Å².